The van der Waals surface area contributed by atoms with E-state index in [9.17, 15) is 8.42 Å². The summed E-state index contributed by atoms with van der Waals surface area (Å²) in [6, 6.07) is 13.7. The van der Waals surface area contributed by atoms with Crippen molar-refractivity contribution >= 4 is 26.5 Å². The zero-order valence-electron chi connectivity index (χ0n) is 20.8. The molecule has 0 spiro atoms. The summed E-state index contributed by atoms with van der Waals surface area (Å²) in [4.78, 5) is 8.86. The van der Waals surface area contributed by atoms with E-state index in [0.29, 0.717) is 23.2 Å². The highest BCUT2D eigenvalue weighted by atomic mass is 32.2. The molecule has 0 atom stereocenters. The van der Waals surface area contributed by atoms with Crippen LogP contribution in [0.15, 0.2) is 71.3 Å². The monoisotopic (exact) mass is 508 g/mol. The molecular weight excluding hydrogens is 476 g/mol. The van der Waals surface area contributed by atoms with Crippen molar-refractivity contribution in [3.63, 3.8) is 0 Å². The first-order valence-corrected chi connectivity index (χ1v) is 14.1. The minimum absolute atomic E-state index is 0.0476. The van der Waals surface area contributed by atoms with Gasteiger partial charge in [-0.1, -0.05) is 65.0 Å². The van der Waals surface area contributed by atoms with Crippen LogP contribution in [0.2, 0.25) is 0 Å². The molecule has 1 N–H and O–H groups in total. The number of nitrogens with zero attached hydrogens (tertiary/aromatic N) is 3. The molecule has 2 aromatic heterocycles. The number of thiazole rings is 1. The second-order valence-electron chi connectivity index (χ2n) is 10.2. The number of hydrogen-bond acceptors (Lipinski definition) is 5. The number of imidazole rings is 1. The molecular formula is C27H32N4O2S2. The van der Waals surface area contributed by atoms with Gasteiger partial charge in [0.2, 0.25) is 0 Å². The largest absolute Gasteiger partial charge is 0.330 e. The Bertz CT molecular complexity index is 1380. The third kappa shape index (κ3) is 6.00. The molecule has 0 radical (unpaired) electrons. The smallest absolute Gasteiger partial charge is 0.264 e. The van der Waals surface area contributed by atoms with Crippen LogP contribution in [-0.2, 0) is 28.4 Å². The maximum atomic E-state index is 13.3. The van der Waals surface area contributed by atoms with E-state index in [1.54, 1.807) is 17.6 Å². The van der Waals surface area contributed by atoms with Crippen LogP contribution in [0.25, 0.3) is 11.1 Å². The molecule has 0 bridgehead atoms. The Hall–Kier alpha value is -2.97. The Morgan fingerprint density at radius 3 is 2.34 bits per heavy atom. The summed E-state index contributed by atoms with van der Waals surface area (Å²) < 4.78 is 31.3. The topological polar surface area (TPSA) is 76.9 Å². The van der Waals surface area contributed by atoms with Crippen molar-refractivity contribution in [3.8, 4) is 11.1 Å². The molecule has 4 rings (SSSR count). The van der Waals surface area contributed by atoms with Crippen LogP contribution in [-0.4, -0.2) is 23.0 Å². The van der Waals surface area contributed by atoms with E-state index in [4.69, 9.17) is 0 Å². The summed E-state index contributed by atoms with van der Waals surface area (Å²) in [7, 11) is -3.79. The van der Waals surface area contributed by atoms with Gasteiger partial charge in [0, 0.05) is 41.5 Å². The third-order valence-corrected chi connectivity index (χ3v) is 7.85. The fourth-order valence-corrected chi connectivity index (χ4v) is 6.15. The number of nitrogens with one attached hydrogen (secondary N) is 1. The molecule has 0 saturated carbocycles. The maximum Gasteiger partial charge on any atom is 0.264 e. The Labute approximate surface area is 212 Å². The van der Waals surface area contributed by atoms with Crippen LogP contribution in [0.3, 0.4) is 0 Å². The fourth-order valence-electron chi connectivity index (χ4n) is 4.15. The predicted molar refractivity (Wildman–Crippen MR) is 143 cm³/mol. The Balaban J connectivity index is 1.69. The minimum atomic E-state index is -3.79. The first-order valence-electron chi connectivity index (χ1n) is 11.7. The molecule has 0 amide bonds. The van der Waals surface area contributed by atoms with E-state index in [-0.39, 0.29) is 10.3 Å². The first-order chi connectivity index (χ1) is 16.5. The third-order valence-electron chi connectivity index (χ3n) is 5.64. The van der Waals surface area contributed by atoms with Gasteiger partial charge in [0.05, 0.1) is 4.90 Å². The normalized spacial score (nSPS) is 12.3. The molecule has 0 aliphatic carbocycles. The quantitative estimate of drug-likeness (QED) is 0.301. The number of anilines is 1. The number of sulfonamides is 1. The van der Waals surface area contributed by atoms with E-state index in [1.807, 2.05) is 36.7 Å². The van der Waals surface area contributed by atoms with Gasteiger partial charge < -0.3 is 4.57 Å². The van der Waals surface area contributed by atoms with Gasteiger partial charge in [0.15, 0.2) is 5.13 Å². The van der Waals surface area contributed by atoms with E-state index in [1.165, 1.54) is 11.3 Å². The van der Waals surface area contributed by atoms with Crippen molar-refractivity contribution in [2.75, 3.05) is 4.72 Å². The summed E-state index contributed by atoms with van der Waals surface area (Å²) in [5.74, 6) is 1.50. The van der Waals surface area contributed by atoms with Crippen LogP contribution in [0, 0.1) is 5.92 Å². The van der Waals surface area contributed by atoms with Crippen LogP contribution < -0.4 is 4.72 Å². The van der Waals surface area contributed by atoms with Crippen LogP contribution in [0.1, 0.15) is 51.6 Å². The Kier molecular flexibility index (Phi) is 7.15. The molecule has 2 heterocycles. The van der Waals surface area contributed by atoms with Crippen LogP contribution >= 0.6 is 11.3 Å². The highest BCUT2D eigenvalue weighted by molar-refractivity contribution is 7.93. The van der Waals surface area contributed by atoms with Crippen molar-refractivity contribution in [1.82, 2.24) is 14.5 Å². The zero-order chi connectivity index (χ0) is 25.2. The van der Waals surface area contributed by atoms with E-state index in [0.717, 1.165) is 28.9 Å². The van der Waals surface area contributed by atoms with E-state index < -0.39 is 10.0 Å². The number of rotatable bonds is 8. The van der Waals surface area contributed by atoms with Crippen molar-refractivity contribution in [3.05, 3.63) is 83.4 Å². The van der Waals surface area contributed by atoms with Gasteiger partial charge in [-0.05, 0) is 41.2 Å². The molecule has 0 fully saturated rings. The van der Waals surface area contributed by atoms with Gasteiger partial charge in [-0.15, -0.1) is 11.3 Å². The molecule has 0 aliphatic rings. The van der Waals surface area contributed by atoms with Gasteiger partial charge >= 0.3 is 0 Å². The highest BCUT2D eigenvalue weighted by Crippen LogP contribution is 2.31. The standard InChI is InChI=1S/C27H32N4O2S2/c1-19(2)16-21-8-11-24(35(32,33)30-26-29-13-15-34-26)23(17-21)22-9-6-20(7-10-22)18-31-14-12-28-25(31)27(3,4)5/h6-15,17,19H,16,18H2,1-5H3,(H,29,30). The lowest BCUT2D eigenvalue weighted by molar-refractivity contribution is 0.511. The van der Waals surface area contributed by atoms with Crippen molar-refractivity contribution < 1.29 is 8.42 Å². The maximum absolute atomic E-state index is 13.3. The molecule has 35 heavy (non-hydrogen) atoms. The fraction of sp³-hybridized carbons (Fsp3) is 0.333. The van der Waals surface area contributed by atoms with Gasteiger partial charge in [-0.3, -0.25) is 4.72 Å². The summed E-state index contributed by atoms with van der Waals surface area (Å²) in [6.45, 7) is 11.5. The second kappa shape index (κ2) is 9.95. The molecule has 184 valence electrons. The van der Waals surface area contributed by atoms with Crippen LogP contribution in [0.4, 0.5) is 5.13 Å². The molecule has 0 unspecified atom stereocenters. The van der Waals surface area contributed by atoms with Gasteiger partial charge in [0.25, 0.3) is 10.0 Å². The second-order valence-corrected chi connectivity index (χ2v) is 12.7. The summed E-state index contributed by atoms with van der Waals surface area (Å²) in [5.41, 5.74) is 3.74. The summed E-state index contributed by atoms with van der Waals surface area (Å²) in [5, 5.41) is 2.10. The van der Waals surface area contributed by atoms with E-state index in [2.05, 4.69) is 66.0 Å². The van der Waals surface area contributed by atoms with Crippen molar-refractivity contribution in [2.24, 2.45) is 5.92 Å². The predicted octanol–water partition coefficient (Wildman–Crippen LogP) is 6.35. The zero-order valence-corrected chi connectivity index (χ0v) is 22.5. The van der Waals surface area contributed by atoms with Crippen LogP contribution in [0.5, 0.6) is 0 Å². The molecule has 0 aliphatic heterocycles. The Morgan fingerprint density at radius 2 is 1.71 bits per heavy atom. The SMILES string of the molecule is CC(C)Cc1ccc(S(=O)(=O)Nc2nccs2)c(-c2ccc(Cn3ccnc3C(C)(C)C)cc2)c1. The molecule has 2 aromatic carbocycles. The molecule has 4 aromatic rings. The van der Waals surface area contributed by atoms with Gasteiger partial charge in [-0.2, -0.15) is 0 Å². The first kappa shape index (κ1) is 25.1. The highest BCUT2D eigenvalue weighted by Gasteiger charge is 2.22. The van der Waals surface area contributed by atoms with Crippen molar-refractivity contribution in [1.29, 1.82) is 0 Å². The number of benzene rings is 2. The van der Waals surface area contributed by atoms with E-state index >= 15 is 0 Å². The lowest BCUT2D eigenvalue weighted by atomic mass is 9.95. The average molecular weight is 509 g/mol. The van der Waals surface area contributed by atoms with Gasteiger partial charge in [-0.25, -0.2) is 18.4 Å². The van der Waals surface area contributed by atoms with Crippen molar-refractivity contribution in [2.45, 2.75) is 57.9 Å². The van der Waals surface area contributed by atoms with Gasteiger partial charge in [0.1, 0.15) is 5.82 Å². The molecule has 0 saturated heterocycles. The Morgan fingerprint density at radius 1 is 1.00 bits per heavy atom. The summed E-state index contributed by atoms with van der Waals surface area (Å²) in [6.07, 6.45) is 6.29. The molecule has 8 heteroatoms. The number of hydrogen-bond donors (Lipinski definition) is 1. The summed E-state index contributed by atoms with van der Waals surface area (Å²) >= 11 is 1.26. The average Bonchev–Trinajstić information content (AvgIpc) is 3.45. The number of aromatic nitrogens is 3. The minimum Gasteiger partial charge on any atom is -0.330 e. The lowest BCUT2D eigenvalue weighted by Crippen LogP contribution is -2.19. The molecule has 6 nitrogen and oxygen atoms in total. The lowest BCUT2D eigenvalue weighted by Gasteiger charge is -2.20.